The number of rotatable bonds is 2. The number of anilines is 1. The van der Waals surface area contributed by atoms with E-state index in [0.717, 1.165) is 89.1 Å². The van der Waals surface area contributed by atoms with Crippen LogP contribution in [-0.4, -0.2) is 73.3 Å². The first-order valence-electron chi connectivity index (χ1n) is 11.5. The predicted octanol–water partition coefficient (Wildman–Crippen LogP) is 0.803. The summed E-state index contributed by atoms with van der Waals surface area (Å²) < 4.78 is 5.44. The average molecular weight is 416 g/mol. The lowest BCUT2D eigenvalue weighted by atomic mass is 9.74. The highest BCUT2D eigenvalue weighted by atomic mass is 16.5. The molecule has 4 heterocycles. The molecular weight excluding hydrogens is 382 g/mol. The molecule has 1 aromatic heterocycles. The summed E-state index contributed by atoms with van der Waals surface area (Å²) in [5.41, 5.74) is 1.51. The fourth-order valence-electron chi connectivity index (χ4n) is 5.81. The fourth-order valence-corrected chi connectivity index (χ4v) is 5.81. The molecule has 8 nitrogen and oxygen atoms in total. The molecule has 8 heteroatoms. The quantitative estimate of drug-likeness (QED) is 0.743. The largest absolute Gasteiger partial charge is 0.378 e. The Morgan fingerprint density at radius 3 is 2.57 bits per heavy atom. The van der Waals surface area contributed by atoms with E-state index in [9.17, 15) is 9.59 Å². The van der Waals surface area contributed by atoms with Gasteiger partial charge >= 0.3 is 0 Å². The minimum atomic E-state index is -0.283. The predicted molar refractivity (Wildman–Crippen MR) is 114 cm³/mol. The maximum atomic E-state index is 13.2. The molecule has 1 aliphatic carbocycles. The molecule has 2 N–H and O–H groups in total. The summed E-state index contributed by atoms with van der Waals surface area (Å²) in [7, 11) is 0. The number of amides is 1. The van der Waals surface area contributed by atoms with Crippen molar-refractivity contribution < 1.29 is 9.53 Å². The first-order chi connectivity index (χ1) is 14.5. The monoisotopic (exact) mass is 415 g/mol. The Morgan fingerprint density at radius 1 is 1.10 bits per heavy atom. The highest BCUT2D eigenvalue weighted by Crippen LogP contribution is 2.45. The molecule has 1 aromatic rings. The lowest BCUT2D eigenvalue weighted by molar-refractivity contribution is -0.144. The minimum Gasteiger partial charge on any atom is -0.378 e. The van der Waals surface area contributed by atoms with Gasteiger partial charge < -0.3 is 19.9 Å². The number of nitrogens with zero attached hydrogens (tertiary/aromatic N) is 3. The van der Waals surface area contributed by atoms with Crippen LogP contribution in [0.4, 0.5) is 5.95 Å². The first-order valence-corrected chi connectivity index (χ1v) is 11.5. The molecule has 3 fully saturated rings. The van der Waals surface area contributed by atoms with Crippen molar-refractivity contribution in [2.24, 2.45) is 5.41 Å². The van der Waals surface area contributed by atoms with Crippen LogP contribution in [0, 0.1) is 5.41 Å². The molecule has 0 radical (unpaired) electrons. The van der Waals surface area contributed by atoms with Crippen LogP contribution in [0.1, 0.15) is 50.3 Å². The number of piperidine rings is 2. The zero-order valence-corrected chi connectivity index (χ0v) is 18.0. The molecule has 1 unspecified atom stereocenters. The molecular formula is C22H33N5O3. The number of likely N-dealkylation sites (tertiary alicyclic amines) is 1. The second-order valence-corrected chi connectivity index (χ2v) is 9.73. The second-order valence-electron chi connectivity index (χ2n) is 9.73. The standard InChI is InChI=1S/C22H33N5O3/c1-21(4-2-8-23-15-21)19(29)26-9-6-22(7-10-26)5-3-16-17(22)24-20(25-18(16)28)27-11-13-30-14-12-27/h23H,2-15H2,1H3,(H,24,25,28). The first kappa shape index (κ1) is 20.0. The molecule has 0 saturated carbocycles. The van der Waals surface area contributed by atoms with E-state index < -0.39 is 0 Å². The molecule has 1 atom stereocenters. The number of hydrogen-bond acceptors (Lipinski definition) is 6. The Balaban J connectivity index is 1.35. The summed E-state index contributed by atoms with van der Waals surface area (Å²) in [6.07, 6.45) is 5.57. The molecule has 164 valence electrons. The Kier molecular flexibility index (Phi) is 5.09. The van der Waals surface area contributed by atoms with Crippen LogP contribution in [0.15, 0.2) is 4.79 Å². The van der Waals surface area contributed by atoms with Crippen LogP contribution in [0.5, 0.6) is 0 Å². The van der Waals surface area contributed by atoms with E-state index >= 15 is 0 Å². The number of carbonyl (C=O) groups is 1. The second kappa shape index (κ2) is 7.64. The van der Waals surface area contributed by atoms with Gasteiger partial charge in [0.05, 0.1) is 24.3 Å². The lowest BCUT2D eigenvalue weighted by Crippen LogP contribution is -2.53. The van der Waals surface area contributed by atoms with Crippen molar-refractivity contribution in [2.75, 3.05) is 57.4 Å². The van der Waals surface area contributed by atoms with E-state index in [0.29, 0.717) is 19.2 Å². The molecule has 0 aromatic carbocycles. The van der Waals surface area contributed by atoms with Crippen molar-refractivity contribution in [3.05, 3.63) is 21.6 Å². The van der Waals surface area contributed by atoms with Crippen LogP contribution in [0.2, 0.25) is 0 Å². The number of morpholine rings is 1. The normalized spacial score (nSPS) is 28.6. The summed E-state index contributed by atoms with van der Waals surface area (Å²) in [5.74, 6) is 0.971. The molecule has 1 spiro atoms. The Labute approximate surface area is 177 Å². The zero-order valence-electron chi connectivity index (χ0n) is 18.0. The number of H-pyrrole nitrogens is 1. The third-order valence-corrected chi connectivity index (χ3v) is 7.79. The number of hydrogen-bond donors (Lipinski definition) is 2. The van der Waals surface area contributed by atoms with Gasteiger partial charge in [0.2, 0.25) is 11.9 Å². The maximum absolute atomic E-state index is 13.2. The van der Waals surface area contributed by atoms with E-state index in [2.05, 4.69) is 27.0 Å². The molecule has 3 saturated heterocycles. The number of aromatic nitrogens is 2. The molecule has 1 amide bonds. The molecule has 0 bridgehead atoms. The van der Waals surface area contributed by atoms with Crippen LogP contribution in [0.3, 0.4) is 0 Å². The smallest absolute Gasteiger partial charge is 0.255 e. The number of fused-ring (bicyclic) bond motifs is 2. The summed E-state index contributed by atoms with van der Waals surface area (Å²) in [6.45, 7) is 8.24. The zero-order chi connectivity index (χ0) is 20.8. The molecule has 3 aliphatic heterocycles. The average Bonchev–Trinajstić information content (AvgIpc) is 3.13. The maximum Gasteiger partial charge on any atom is 0.255 e. The van der Waals surface area contributed by atoms with Gasteiger partial charge in [-0.1, -0.05) is 0 Å². The summed E-state index contributed by atoms with van der Waals surface area (Å²) in [5, 5.41) is 3.39. The van der Waals surface area contributed by atoms with Gasteiger partial charge in [-0.25, -0.2) is 4.98 Å². The van der Waals surface area contributed by atoms with Gasteiger partial charge in [-0.15, -0.1) is 0 Å². The van der Waals surface area contributed by atoms with Gasteiger partial charge in [0.15, 0.2) is 0 Å². The minimum absolute atomic E-state index is 0.0117. The summed E-state index contributed by atoms with van der Waals surface area (Å²) >= 11 is 0. The van der Waals surface area contributed by atoms with Crippen molar-refractivity contribution in [1.29, 1.82) is 0 Å². The Morgan fingerprint density at radius 2 is 1.87 bits per heavy atom. The summed E-state index contributed by atoms with van der Waals surface area (Å²) in [4.78, 5) is 38.2. The van der Waals surface area contributed by atoms with Gasteiger partial charge in [0.25, 0.3) is 5.56 Å². The fraction of sp³-hybridized carbons (Fsp3) is 0.773. The van der Waals surface area contributed by atoms with Crippen molar-refractivity contribution >= 4 is 11.9 Å². The van der Waals surface area contributed by atoms with E-state index in [1.165, 1.54) is 0 Å². The number of carbonyl (C=O) groups excluding carboxylic acids is 1. The Bertz CT molecular complexity index is 862. The SMILES string of the molecule is CC1(C(=O)N2CCC3(CCc4c3nc(N3CCOCC3)[nH]c4=O)CC2)CCCNC1. The van der Waals surface area contributed by atoms with Gasteiger partial charge in [0, 0.05) is 43.7 Å². The van der Waals surface area contributed by atoms with Crippen LogP contribution < -0.4 is 15.8 Å². The third-order valence-electron chi connectivity index (χ3n) is 7.79. The van der Waals surface area contributed by atoms with E-state index in [4.69, 9.17) is 9.72 Å². The lowest BCUT2D eigenvalue weighted by Gasteiger charge is -2.43. The van der Waals surface area contributed by atoms with Crippen LogP contribution in [-0.2, 0) is 21.4 Å². The van der Waals surface area contributed by atoms with E-state index in [1.54, 1.807) is 0 Å². The Hall–Kier alpha value is -1.93. The molecule has 5 rings (SSSR count). The van der Waals surface area contributed by atoms with E-state index in [-0.39, 0.29) is 22.3 Å². The molecule has 30 heavy (non-hydrogen) atoms. The number of nitrogens with one attached hydrogen (secondary N) is 2. The van der Waals surface area contributed by atoms with Crippen LogP contribution in [0.25, 0.3) is 0 Å². The van der Waals surface area contributed by atoms with Crippen molar-refractivity contribution in [3.8, 4) is 0 Å². The van der Waals surface area contributed by atoms with Gasteiger partial charge in [-0.3, -0.25) is 14.6 Å². The number of aromatic amines is 1. The van der Waals surface area contributed by atoms with E-state index in [1.807, 2.05) is 0 Å². The highest BCUT2D eigenvalue weighted by Gasteiger charge is 2.47. The van der Waals surface area contributed by atoms with Gasteiger partial charge in [-0.2, -0.15) is 0 Å². The van der Waals surface area contributed by atoms with Gasteiger partial charge in [-0.05, 0) is 52.0 Å². The third kappa shape index (κ3) is 3.34. The van der Waals surface area contributed by atoms with Crippen LogP contribution >= 0.6 is 0 Å². The summed E-state index contributed by atoms with van der Waals surface area (Å²) in [6, 6.07) is 0. The van der Waals surface area contributed by atoms with Crippen molar-refractivity contribution in [2.45, 2.75) is 50.9 Å². The van der Waals surface area contributed by atoms with Gasteiger partial charge in [0.1, 0.15) is 0 Å². The molecule has 4 aliphatic rings. The highest BCUT2D eigenvalue weighted by molar-refractivity contribution is 5.83. The van der Waals surface area contributed by atoms with Crippen molar-refractivity contribution in [1.82, 2.24) is 20.2 Å². The number of ether oxygens (including phenoxy) is 1. The van der Waals surface area contributed by atoms with Crippen molar-refractivity contribution in [3.63, 3.8) is 0 Å². The topological polar surface area (TPSA) is 90.6 Å².